The van der Waals surface area contributed by atoms with Crippen LogP contribution in [0.1, 0.15) is 10.4 Å². The molecule has 0 N–H and O–H groups in total. The van der Waals surface area contributed by atoms with E-state index in [0.29, 0.717) is 11.4 Å². The first kappa shape index (κ1) is 11.7. The molecule has 0 aromatic carbocycles. The molecule has 0 aliphatic heterocycles. The van der Waals surface area contributed by atoms with Crippen LogP contribution in [0.5, 0.6) is 0 Å². The Labute approximate surface area is 101 Å². The Bertz CT molecular complexity index is 607. The number of esters is 1. The quantitative estimate of drug-likeness (QED) is 0.455. The van der Waals surface area contributed by atoms with Gasteiger partial charge in [0.25, 0.3) is 0 Å². The van der Waals surface area contributed by atoms with Gasteiger partial charge in [-0.15, -0.1) is 0 Å². The maximum absolute atomic E-state index is 11.3. The molecular formula is C10H8N4O4. The monoisotopic (exact) mass is 248 g/mol. The lowest BCUT2D eigenvalue weighted by atomic mass is 10.2. The van der Waals surface area contributed by atoms with Crippen molar-refractivity contribution in [3.8, 4) is 5.82 Å². The fourth-order valence-electron chi connectivity index (χ4n) is 1.32. The number of pyridine rings is 1. The van der Waals surface area contributed by atoms with Crippen LogP contribution in [0.2, 0.25) is 0 Å². The van der Waals surface area contributed by atoms with Gasteiger partial charge in [0, 0.05) is 6.20 Å². The number of nitrogens with zero attached hydrogens (tertiary/aromatic N) is 4. The van der Waals surface area contributed by atoms with Crippen LogP contribution in [0.15, 0.2) is 30.7 Å². The van der Waals surface area contributed by atoms with Crippen molar-refractivity contribution >= 4 is 11.7 Å². The molecule has 2 rings (SSSR count). The second kappa shape index (κ2) is 4.62. The summed E-state index contributed by atoms with van der Waals surface area (Å²) in [5.74, 6) is -0.216. The fraction of sp³-hybridized carbons (Fsp3) is 0.100. The van der Waals surface area contributed by atoms with Crippen LogP contribution in [-0.2, 0) is 4.74 Å². The summed E-state index contributed by atoms with van der Waals surface area (Å²) in [5, 5.41) is 14.3. The Balaban J connectivity index is 2.38. The molecule has 8 heteroatoms. The van der Waals surface area contributed by atoms with E-state index >= 15 is 0 Å². The van der Waals surface area contributed by atoms with Crippen LogP contribution >= 0.6 is 0 Å². The topological polar surface area (TPSA) is 100 Å². The summed E-state index contributed by atoms with van der Waals surface area (Å²) in [6.07, 6.45) is 3.71. The molecule has 2 aromatic rings. The number of carbonyl (C=O) groups excluding carboxylic acids is 1. The van der Waals surface area contributed by atoms with Crippen molar-refractivity contribution in [2.45, 2.75) is 0 Å². The van der Waals surface area contributed by atoms with Crippen LogP contribution < -0.4 is 0 Å². The number of rotatable bonds is 3. The molecule has 0 radical (unpaired) electrons. The zero-order valence-electron chi connectivity index (χ0n) is 9.31. The molecule has 0 spiro atoms. The molecule has 0 atom stereocenters. The molecule has 2 heterocycles. The smallest absolute Gasteiger partial charge is 0.338 e. The largest absolute Gasteiger partial charge is 0.465 e. The van der Waals surface area contributed by atoms with Gasteiger partial charge in [-0.25, -0.2) is 14.5 Å². The van der Waals surface area contributed by atoms with Gasteiger partial charge in [0.05, 0.1) is 17.6 Å². The third-order valence-corrected chi connectivity index (χ3v) is 2.18. The van der Waals surface area contributed by atoms with Crippen molar-refractivity contribution in [3.05, 3.63) is 46.4 Å². The number of ether oxygens (including phenoxy) is 1. The minimum absolute atomic E-state index is 0.153. The second-order valence-corrected chi connectivity index (χ2v) is 3.29. The Morgan fingerprint density at radius 1 is 1.56 bits per heavy atom. The lowest BCUT2D eigenvalue weighted by molar-refractivity contribution is -0.384. The van der Waals surface area contributed by atoms with E-state index in [4.69, 9.17) is 0 Å². The predicted octanol–water partition coefficient (Wildman–Crippen LogP) is 0.962. The van der Waals surface area contributed by atoms with Crippen molar-refractivity contribution in [1.29, 1.82) is 0 Å². The van der Waals surface area contributed by atoms with E-state index in [1.807, 2.05) is 0 Å². The standard InChI is InChI=1S/C10H8N4O4/c1-18-10(15)7-2-3-11-9(4-7)13-6-8(5-12-13)14(16)17/h2-6H,1H3. The molecule has 8 nitrogen and oxygen atoms in total. The molecule has 0 fully saturated rings. The number of carbonyl (C=O) groups is 1. The van der Waals surface area contributed by atoms with E-state index in [0.717, 1.165) is 6.20 Å². The van der Waals surface area contributed by atoms with Gasteiger partial charge in [0.15, 0.2) is 5.82 Å². The molecule has 92 valence electrons. The number of methoxy groups -OCH3 is 1. The van der Waals surface area contributed by atoms with Crippen molar-refractivity contribution in [2.75, 3.05) is 7.11 Å². The molecule has 0 bridgehead atoms. The summed E-state index contributed by atoms with van der Waals surface area (Å²) >= 11 is 0. The third-order valence-electron chi connectivity index (χ3n) is 2.18. The average molecular weight is 248 g/mol. The Morgan fingerprint density at radius 2 is 2.33 bits per heavy atom. The van der Waals surface area contributed by atoms with Gasteiger partial charge in [0.1, 0.15) is 12.4 Å². The molecular weight excluding hydrogens is 240 g/mol. The summed E-state index contributed by atoms with van der Waals surface area (Å²) in [6, 6.07) is 2.91. The van der Waals surface area contributed by atoms with E-state index < -0.39 is 10.9 Å². The summed E-state index contributed by atoms with van der Waals surface area (Å²) in [7, 11) is 1.27. The van der Waals surface area contributed by atoms with Gasteiger partial charge in [0.2, 0.25) is 0 Å². The van der Waals surface area contributed by atoms with Gasteiger partial charge < -0.3 is 4.74 Å². The lowest BCUT2D eigenvalue weighted by Crippen LogP contribution is -2.04. The van der Waals surface area contributed by atoms with Gasteiger partial charge >= 0.3 is 11.7 Å². The zero-order chi connectivity index (χ0) is 13.1. The fourth-order valence-corrected chi connectivity index (χ4v) is 1.32. The SMILES string of the molecule is COC(=O)c1ccnc(-n2cc([N+](=O)[O-])cn2)c1. The summed E-state index contributed by atoms with van der Waals surface area (Å²) in [4.78, 5) is 25.3. The maximum Gasteiger partial charge on any atom is 0.338 e. The molecule has 0 saturated heterocycles. The molecule has 18 heavy (non-hydrogen) atoms. The number of hydrogen-bond acceptors (Lipinski definition) is 6. The highest BCUT2D eigenvalue weighted by molar-refractivity contribution is 5.89. The van der Waals surface area contributed by atoms with Gasteiger partial charge in [-0.3, -0.25) is 10.1 Å². The van der Waals surface area contributed by atoms with Gasteiger partial charge in [-0.05, 0) is 12.1 Å². The average Bonchev–Trinajstić information content (AvgIpc) is 2.88. The third kappa shape index (κ3) is 2.17. The maximum atomic E-state index is 11.3. The highest BCUT2D eigenvalue weighted by atomic mass is 16.6. The van der Waals surface area contributed by atoms with Crippen LogP contribution in [0.3, 0.4) is 0 Å². The van der Waals surface area contributed by atoms with Gasteiger partial charge in [-0.1, -0.05) is 0 Å². The van der Waals surface area contributed by atoms with Crippen LogP contribution in [-0.4, -0.2) is 32.8 Å². The summed E-state index contributed by atoms with van der Waals surface area (Å²) in [6.45, 7) is 0. The van der Waals surface area contributed by atoms with E-state index in [-0.39, 0.29) is 5.69 Å². The van der Waals surface area contributed by atoms with Crippen LogP contribution in [0.25, 0.3) is 5.82 Å². The van der Waals surface area contributed by atoms with Crippen LogP contribution in [0.4, 0.5) is 5.69 Å². The Hall–Kier alpha value is -2.77. The van der Waals surface area contributed by atoms with Crippen molar-refractivity contribution in [1.82, 2.24) is 14.8 Å². The molecule has 0 aliphatic rings. The minimum atomic E-state index is -0.562. The van der Waals surface area contributed by atoms with E-state index in [1.165, 1.54) is 36.3 Å². The molecule has 2 aromatic heterocycles. The highest BCUT2D eigenvalue weighted by Gasteiger charge is 2.12. The Kier molecular flexibility index (Phi) is 3.00. The predicted molar refractivity (Wildman–Crippen MR) is 59.4 cm³/mol. The zero-order valence-corrected chi connectivity index (χ0v) is 9.31. The molecule has 0 unspecified atom stereocenters. The van der Waals surface area contributed by atoms with E-state index in [9.17, 15) is 14.9 Å². The first-order valence-electron chi connectivity index (χ1n) is 4.85. The summed E-state index contributed by atoms with van der Waals surface area (Å²) in [5.41, 5.74) is 0.140. The van der Waals surface area contributed by atoms with E-state index in [1.54, 1.807) is 0 Å². The summed E-state index contributed by atoms with van der Waals surface area (Å²) < 4.78 is 5.78. The normalized spacial score (nSPS) is 10.1. The van der Waals surface area contributed by atoms with Crippen LogP contribution in [0, 0.1) is 10.1 Å². The van der Waals surface area contributed by atoms with E-state index in [2.05, 4.69) is 14.8 Å². The van der Waals surface area contributed by atoms with Crippen molar-refractivity contribution in [3.63, 3.8) is 0 Å². The molecule has 0 amide bonds. The molecule has 0 aliphatic carbocycles. The van der Waals surface area contributed by atoms with Crippen molar-refractivity contribution < 1.29 is 14.5 Å². The lowest BCUT2D eigenvalue weighted by Gasteiger charge is -2.02. The van der Waals surface area contributed by atoms with Crippen molar-refractivity contribution in [2.24, 2.45) is 0 Å². The first-order chi connectivity index (χ1) is 8.61. The Morgan fingerprint density at radius 3 is 2.94 bits per heavy atom. The highest BCUT2D eigenvalue weighted by Crippen LogP contribution is 2.13. The van der Waals surface area contributed by atoms with Gasteiger partial charge in [-0.2, -0.15) is 5.10 Å². The number of hydrogen-bond donors (Lipinski definition) is 0. The molecule has 0 saturated carbocycles. The first-order valence-corrected chi connectivity index (χ1v) is 4.85. The number of aromatic nitrogens is 3. The minimum Gasteiger partial charge on any atom is -0.465 e. The second-order valence-electron chi connectivity index (χ2n) is 3.29. The number of nitro groups is 1.